The van der Waals surface area contributed by atoms with Crippen molar-refractivity contribution in [2.45, 2.75) is 52.2 Å². The number of hydrogen-bond donors (Lipinski definition) is 1. The molecule has 0 saturated heterocycles. The highest BCUT2D eigenvalue weighted by Crippen LogP contribution is 2.41. The molecule has 0 unspecified atom stereocenters. The van der Waals surface area contributed by atoms with Crippen molar-refractivity contribution in [3.63, 3.8) is 0 Å². The first-order chi connectivity index (χ1) is 13.1. The average molecular weight is 395 g/mol. The van der Waals surface area contributed by atoms with Crippen LogP contribution < -0.4 is 9.74 Å². The van der Waals surface area contributed by atoms with Crippen LogP contribution in [0.5, 0.6) is 5.75 Å². The molecule has 150 valence electrons. The molecule has 0 saturated carbocycles. The van der Waals surface area contributed by atoms with Crippen molar-refractivity contribution in [2.24, 2.45) is 7.05 Å². The second-order valence-corrected chi connectivity index (χ2v) is 14.0. The van der Waals surface area contributed by atoms with Gasteiger partial charge in [-0.15, -0.1) is 0 Å². The number of fused-ring (bicyclic) bond motifs is 1. The first kappa shape index (κ1) is 20.5. The minimum atomic E-state index is -1.90. The van der Waals surface area contributed by atoms with Gasteiger partial charge < -0.3 is 14.3 Å². The molecule has 1 N–H and O–H groups in total. The number of anilines is 1. The van der Waals surface area contributed by atoms with E-state index in [4.69, 9.17) is 4.43 Å². The summed E-state index contributed by atoms with van der Waals surface area (Å²) < 4.78 is 8.99. The van der Waals surface area contributed by atoms with E-state index in [2.05, 4.69) is 106 Å². The Labute approximate surface area is 170 Å². The molecule has 28 heavy (non-hydrogen) atoms. The van der Waals surface area contributed by atoms with Crippen molar-refractivity contribution in [2.75, 3.05) is 11.9 Å². The van der Waals surface area contributed by atoms with Crippen molar-refractivity contribution in [3.05, 3.63) is 59.8 Å². The van der Waals surface area contributed by atoms with Gasteiger partial charge >= 0.3 is 0 Å². The molecule has 0 spiro atoms. The predicted octanol–water partition coefficient (Wildman–Crippen LogP) is 6.53. The number of hydrogen-bond acceptors (Lipinski definition) is 2. The molecule has 3 rings (SSSR count). The third-order valence-electron chi connectivity index (χ3n) is 6.18. The van der Waals surface area contributed by atoms with Crippen LogP contribution in [0.2, 0.25) is 18.1 Å². The molecule has 0 radical (unpaired) electrons. The molecule has 0 fully saturated rings. The molecule has 0 aliphatic carbocycles. The SMILES string of the molecule is Cc1c(O[Si](C)(C)C(C)(C)C)c2cc(NCCc3ccccc3)ccc2n1C. The molecule has 1 heterocycles. The number of aromatic nitrogens is 1. The maximum absolute atomic E-state index is 6.75. The van der Waals surface area contributed by atoms with Gasteiger partial charge in [-0.2, -0.15) is 0 Å². The van der Waals surface area contributed by atoms with Gasteiger partial charge in [-0.25, -0.2) is 0 Å². The molecule has 0 aliphatic heterocycles. The number of aryl methyl sites for hydroxylation is 1. The lowest BCUT2D eigenvalue weighted by atomic mass is 10.1. The first-order valence-corrected chi connectivity index (χ1v) is 13.1. The van der Waals surface area contributed by atoms with E-state index in [0.717, 1.165) is 24.4 Å². The van der Waals surface area contributed by atoms with E-state index in [1.807, 2.05) is 0 Å². The summed E-state index contributed by atoms with van der Waals surface area (Å²) in [6.45, 7) is 14.6. The fourth-order valence-electron chi connectivity index (χ4n) is 3.18. The van der Waals surface area contributed by atoms with Gasteiger partial charge in [0, 0.05) is 24.7 Å². The quantitative estimate of drug-likeness (QED) is 0.481. The molecule has 0 atom stereocenters. The van der Waals surface area contributed by atoms with Gasteiger partial charge in [0.05, 0.1) is 11.2 Å². The highest BCUT2D eigenvalue weighted by molar-refractivity contribution is 6.74. The lowest BCUT2D eigenvalue weighted by Crippen LogP contribution is -2.44. The Morgan fingerprint density at radius 2 is 1.71 bits per heavy atom. The highest BCUT2D eigenvalue weighted by Gasteiger charge is 2.40. The fraction of sp³-hybridized carbons (Fsp3) is 0.417. The van der Waals surface area contributed by atoms with Crippen LogP contribution in [0.15, 0.2) is 48.5 Å². The summed E-state index contributed by atoms with van der Waals surface area (Å²) >= 11 is 0. The summed E-state index contributed by atoms with van der Waals surface area (Å²) in [6.07, 6.45) is 1.01. The fourth-order valence-corrected chi connectivity index (χ4v) is 4.26. The Hall–Kier alpha value is -2.20. The van der Waals surface area contributed by atoms with Crippen LogP contribution >= 0.6 is 0 Å². The highest BCUT2D eigenvalue weighted by atomic mass is 28.4. The van der Waals surface area contributed by atoms with E-state index in [-0.39, 0.29) is 5.04 Å². The Morgan fingerprint density at radius 1 is 1.04 bits per heavy atom. The van der Waals surface area contributed by atoms with Crippen molar-refractivity contribution >= 4 is 24.9 Å². The Bertz CT molecular complexity index is 952. The van der Waals surface area contributed by atoms with Crippen molar-refractivity contribution < 1.29 is 4.43 Å². The Morgan fingerprint density at radius 3 is 2.36 bits per heavy atom. The normalized spacial score (nSPS) is 12.4. The zero-order valence-electron chi connectivity index (χ0n) is 18.4. The molecule has 0 aliphatic rings. The van der Waals surface area contributed by atoms with Gasteiger partial charge in [0.25, 0.3) is 8.32 Å². The molecule has 4 heteroatoms. The summed E-state index contributed by atoms with van der Waals surface area (Å²) in [4.78, 5) is 0. The summed E-state index contributed by atoms with van der Waals surface area (Å²) in [5.74, 6) is 1.05. The zero-order chi connectivity index (χ0) is 20.5. The van der Waals surface area contributed by atoms with Crippen LogP contribution in [0.4, 0.5) is 5.69 Å². The third-order valence-corrected chi connectivity index (χ3v) is 10.5. The van der Waals surface area contributed by atoms with Crippen LogP contribution in [-0.4, -0.2) is 19.4 Å². The lowest BCUT2D eigenvalue weighted by molar-refractivity contribution is 0.491. The van der Waals surface area contributed by atoms with Crippen LogP contribution in [0.25, 0.3) is 10.9 Å². The standard InChI is InChI=1S/C24H34N2OSi/c1-18-23(27-28(6,7)24(2,3)4)21-17-20(13-14-22(21)26(18)5)25-16-15-19-11-9-8-10-12-19/h8-14,17,25H,15-16H2,1-7H3. The van der Waals surface area contributed by atoms with E-state index < -0.39 is 8.32 Å². The Balaban J connectivity index is 1.86. The van der Waals surface area contributed by atoms with Crippen LogP contribution in [0.1, 0.15) is 32.0 Å². The topological polar surface area (TPSA) is 26.2 Å². The minimum absolute atomic E-state index is 0.174. The molecule has 0 bridgehead atoms. The van der Waals surface area contributed by atoms with Crippen LogP contribution in [0, 0.1) is 6.92 Å². The third kappa shape index (κ3) is 4.12. The van der Waals surface area contributed by atoms with Crippen molar-refractivity contribution in [1.82, 2.24) is 4.57 Å². The maximum atomic E-state index is 6.75. The second kappa shape index (κ2) is 7.67. The van der Waals surface area contributed by atoms with Crippen LogP contribution in [0.3, 0.4) is 0 Å². The van der Waals surface area contributed by atoms with Gasteiger partial charge in [0.1, 0.15) is 5.75 Å². The van der Waals surface area contributed by atoms with E-state index >= 15 is 0 Å². The largest absolute Gasteiger partial charge is 0.542 e. The average Bonchev–Trinajstić information content (AvgIpc) is 2.86. The summed E-state index contributed by atoms with van der Waals surface area (Å²) in [6, 6.07) is 17.2. The van der Waals surface area contributed by atoms with Crippen LogP contribution in [-0.2, 0) is 13.5 Å². The first-order valence-electron chi connectivity index (χ1n) is 10.2. The summed E-state index contributed by atoms with van der Waals surface area (Å²) in [5, 5.41) is 4.96. The molecular formula is C24H34N2OSi. The number of nitrogens with zero attached hydrogens (tertiary/aromatic N) is 1. The van der Waals surface area contributed by atoms with Gasteiger partial charge in [-0.1, -0.05) is 51.1 Å². The van der Waals surface area contributed by atoms with Crippen molar-refractivity contribution in [1.29, 1.82) is 0 Å². The molecule has 3 nitrogen and oxygen atoms in total. The summed E-state index contributed by atoms with van der Waals surface area (Å²) in [7, 11) is 0.222. The van der Waals surface area contributed by atoms with Gasteiger partial charge in [-0.3, -0.25) is 0 Å². The number of rotatable bonds is 6. The molecular weight excluding hydrogens is 360 g/mol. The molecule has 1 aromatic heterocycles. The molecule has 3 aromatic rings. The molecule has 0 amide bonds. The van der Waals surface area contributed by atoms with E-state index in [9.17, 15) is 0 Å². The van der Waals surface area contributed by atoms with Gasteiger partial charge in [0.2, 0.25) is 0 Å². The van der Waals surface area contributed by atoms with Gasteiger partial charge in [0.15, 0.2) is 0 Å². The summed E-state index contributed by atoms with van der Waals surface area (Å²) in [5.41, 5.74) is 4.92. The smallest absolute Gasteiger partial charge is 0.250 e. The van der Waals surface area contributed by atoms with Crippen molar-refractivity contribution in [3.8, 4) is 5.75 Å². The van der Waals surface area contributed by atoms with Gasteiger partial charge in [-0.05, 0) is 55.2 Å². The molecule has 2 aromatic carbocycles. The number of benzene rings is 2. The Kier molecular flexibility index (Phi) is 5.62. The monoisotopic (exact) mass is 394 g/mol. The zero-order valence-corrected chi connectivity index (χ0v) is 19.4. The maximum Gasteiger partial charge on any atom is 0.250 e. The predicted molar refractivity (Wildman–Crippen MR) is 124 cm³/mol. The minimum Gasteiger partial charge on any atom is -0.542 e. The van der Waals surface area contributed by atoms with E-state index in [1.54, 1.807) is 0 Å². The lowest BCUT2D eigenvalue weighted by Gasteiger charge is -2.36. The number of nitrogens with one attached hydrogen (secondary N) is 1. The van der Waals surface area contributed by atoms with E-state index in [1.165, 1.54) is 22.2 Å². The van der Waals surface area contributed by atoms with E-state index in [0.29, 0.717) is 0 Å². The second-order valence-electron chi connectivity index (χ2n) is 9.23.